The smallest absolute Gasteiger partial charge is 0.225 e. The molecule has 7 heteroatoms. The normalized spacial score (nSPS) is 18.0. The zero-order valence-corrected chi connectivity index (χ0v) is 14.5. The molecule has 0 spiro atoms. The van der Waals surface area contributed by atoms with Gasteiger partial charge in [-0.2, -0.15) is 5.10 Å². The van der Waals surface area contributed by atoms with Crippen molar-refractivity contribution in [2.75, 3.05) is 19.6 Å². The Kier molecular flexibility index (Phi) is 5.08. The van der Waals surface area contributed by atoms with E-state index in [-0.39, 0.29) is 17.7 Å². The number of carbonyl (C=O) groups excluding carboxylic acids is 1. The Morgan fingerprint density at radius 3 is 2.79 bits per heavy atom. The number of likely N-dealkylation sites (tertiary alicyclic amines) is 1. The SMILES string of the molecule is CCC(CC)C(=O)N1CC[C@@H](c2nn(CCN)c3nccnc23)C1. The maximum absolute atomic E-state index is 12.6. The second-order valence-electron chi connectivity index (χ2n) is 6.41. The molecule has 2 aromatic heterocycles. The third-order valence-corrected chi connectivity index (χ3v) is 4.96. The fraction of sp³-hybridized carbons (Fsp3) is 0.647. The van der Waals surface area contributed by atoms with Gasteiger partial charge in [-0.05, 0) is 19.3 Å². The Morgan fingerprint density at radius 2 is 2.08 bits per heavy atom. The van der Waals surface area contributed by atoms with E-state index in [0.717, 1.165) is 49.2 Å². The maximum Gasteiger partial charge on any atom is 0.225 e. The summed E-state index contributed by atoms with van der Waals surface area (Å²) < 4.78 is 1.84. The quantitative estimate of drug-likeness (QED) is 0.867. The fourth-order valence-corrected chi connectivity index (χ4v) is 3.56. The molecule has 130 valence electrons. The molecular formula is C17H26N6O. The van der Waals surface area contributed by atoms with E-state index in [9.17, 15) is 4.79 Å². The van der Waals surface area contributed by atoms with Gasteiger partial charge in [0.2, 0.25) is 5.91 Å². The van der Waals surface area contributed by atoms with Gasteiger partial charge in [0, 0.05) is 43.9 Å². The molecule has 0 bridgehead atoms. The Hall–Kier alpha value is -2.02. The van der Waals surface area contributed by atoms with E-state index in [1.165, 1.54) is 0 Å². The van der Waals surface area contributed by atoms with Crippen molar-refractivity contribution in [3.63, 3.8) is 0 Å². The van der Waals surface area contributed by atoms with Crippen LogP contribution in [0.4, 0.5) is 0 Å². The Bertz CT molecular complexity index is 708. The number of hydrogen-bond donors (Lipinski definition) is 1. The first-order chi connectivity index (χ1) is 11.7. The molecule has 0 saturated carbocycles. The van der Waals surface area contributed by atoms with Gasteiger partial charge in [0.15, 0.2) is 5.65 Å². The standard InChI is InChI=1S/C17H26N6O/c1-3-12(4-2)17(24)22-9-5-13(11-22)14-15-16(20-8-7-19-15)23(21-14)10-6-18/h7-8,12-13H,3-6,9-11,18H2,1-2H3/t13-/m1/s1. The highest BCUT2D eigenvalue weighted by atomic mass is 16.2. The summed E-state index contributed by atoms with van der Waals surface area (Å²) in [6.45, 7) is 6.82. The molecule has 1 aliphatic rings. The highest BCUT2D eigenvalue weighted by Crippen LogP contribution is 2.31. The van der Waals surface area contributed by atoms with E-state index in [4.69, 9.17) is 10.8 Å². The molecule has 7 nitrogen and oxygen atoms in total. The van der Waals surface area contributed by atoms with E-state index >= 15 is 0 Å². The monoisotopic (exact) mass is 330 g/mol. The lowest BCUT2D eigenvalue weighted by molar-refractivity contribution is -0.134. The van der Waals surface area contributed by atoms with Gasteiger partial charge >= 0.3 is 0 Å². The second kappa shape index (κ2) is 7.25. The lowest BCUT2D eigenvalue weighted by Crippen LogP contribution is -2.33. The van der Waals surface area contributed by atoms with Crippen LogP contribution in [0.15, 0.2) is 12.4 Å². The molecule has 0 radical (unpaired) electrons. The summed E-state index contributed by atoms with van der Waals surface area (Å²) in [7, 11) is 0. The number of amides is 1. The molecule has 0 aromatic carbocycles. The van der Waals surface area contributed by atoms with Crippen LogP contribution < -0.4 is 5.73 Å². The van der Waals surface area contributed by atoms with Crippen LogP contribution in [0.1, 0.15) is 44.7 Å². The molecular weight excluding hydrogens is 304 g/mol. The molecule has 1 amide bonds. The van der Waals surface area contributed by atoms with Crippen molar-refractivity contribution in [2.24, 2.45) is 11.7 Å². The van der Waals surface area contributed by atoms with Crippen LogP contribution in [0, 0.1) is 5.92 Å². The van der Waals surface area contributed by atoms with Crippen molar-refractivity contribution in [3.05, 3.63) is 18.1 Å². The molecule has 1 aliphatic heterocycles. The summed E-state index contributed by atoms with van der Waals surface area (Å²) >= 11 is 0. The summed E-state index contributed by atoms with van der Waals surface area (Å²) in [6, 6.07) is 0. The van der Waals surface area contributed by atoms with Crippen molar-refractivity contribution >= 4 is 17.1 Å². The lowest BCUT2D eigenvalue weighted by atomic mass is 10.0. The van der Waals surface area contributed by atoms with Crippen LogP contribution >= 0.6 is 0 Å². The molecule has 3 heterocycles. The summed E-state index contributed by atoms with van der Waals surface area (Å²) in [5.41, 5.74) is 8.25. The maximum atomic E-state index is 12.6. The number of nitrogens with two attached hydrogens (primary N) is 1. The van der Waals surface area contributed by atoms with Gasteiger partial charge in [0.25, 0.3) is 0 Å². The molecule has 3 rings (SSSR count). The lowest BCUT2D eigenvalue weighted by Gasteiger charge is -2.21. The zero-order valence-electron chi connectivity index (χ0n) is 14.5. The fourth-order valence-electron chi connectivity index (χ4n) is 3.56. The third-order valence-electron chi connectivity index (χ3n) is 4.96. The van der Waals surface area contributed by atoms with Gasteiger partial charge in [-0.3, -0.25) is 4.79 Å². The van der Waals surface area contributed by atoms with Crippen LogP contribution in [-0.4, -0.2) is 50.2 Å². The zero-order chi connectivity index (χ0) is 17.1. The van der Waals surface area contributed by atoms with E-state index < -0.39 is 0 Å². The molecule has 1 fully saturated rings. The van der Waals surface area contributed by atoms with Crippen LogP contribution in [0.2, 0.25) is 0 Å². The highest BCUT2D eigenvalue weighted by Gasteiger charge is 2.33. The van der Waals surface area contributed by atoms with Gasteiger partial charge in [0.05, 0.1) is 12.2 Å². The van der Waals surface area contributed by atoms with Crippen molar-refractivity contribution in [3.8, 4) is 0 Å². The summed E-state index contributed by atoms with van der Waals surface area (Å²) in [6.07, 6.45) is 6.10. The summed E-state index contributed by atoms with van der Waals surface area (Å²) in [5, 5.41) is 4.71. The Labute approximate surface area is 142 Å². The number of hydrogen-bond acceptors (Lipinski definition) is 5. The molecule has 0 unspecified atom stereocenters. The van der Waals surface area contributed by atoms with E-state index in [1.807, 2.05) is 9.58 Å². The summed E-state index contributed by atoms with van der Waals surface area (Å²) in [4.78, 5) is 23.5. The predicted octanol–water partition coefficient (Wildman–Crippen LogP) is 1.54. The van der Waals surface area contributed by atoms with E-state index in [1.54, 1.807) is 12.4 Å². The van der Waals surface area contributed by atoms with Crippen LogP contribution in [0.3, 0.4) is 0 Å². The number of carbonyl (C=O) groups is 1. The first-order valence-corrected chi connectivity index (χ1v) is 8.85. The highest BCUT2D eigenvalue weighted by molar-refractivity contribution is 5.79. The summed E-state index contributed by atoms with van der Waals surface area (Å²) in [5.74, 6) is 0.635. The Balaban J connectivity index is 1.83. The molecule has 2 N–H and O–H groups in total. The van der Waals surface area contributed by atoms with Crippen molar-refractivity contribution in [2.45, 2.75) is 45.6 Å². The predicted molar refractivity (Wildman–Crippen MR) is 92.4 cm³/mol. The minimum absolute atomic E-state index is 0.134. The molecule has 24 heavy (non-hydrogen) atoms. The van der Waals surface area contributed by atoms with Crippen molar-refractivity contribution in [1.29, 1.82) is 0 Å². The van der Waals surface area contributed by atoms with Crippen LogP contribution in [0.25, 0.3) is 11.2 Å². The molecule has 0 aliphatic carbocycles. The van der Waals surface area contributed by atoms with Gasteiger partial charge in [-0.15, -0.1) is 0 Å². The third kappa shape index (κ3) is 3.00. The minimum Gasteiger partial charge on any atom is -0.342 e. The molecule has 2 aromatic rings. The van der Waals surface area contributed by atoms with E-state index in [0.29, 0.717) is 13.1 Å². The average molecular weight is 330 g/mol. The van der Waals surface area contributed by atoms with E-state index in [2.05, 4.69) is 23.8 Å². The number of rotatable bonds is 6. The minimum atomic E-state index is 0.134. The van der Waals surface area contributed by atoms with Gasteiger partial charge < -0.3 is 10.6 Å². The average Bonchev–Trinajstić information content (AvgIpc) is 3.22. The van der Waals surface area contributed by atoms with Gasteiger partial charge in [-0.25, -0.2) is 14.6 Å². The van der Waals surface area contributed by atoms with Crippen molar-refractivity contribution in [1.82, 2.24) is 24.6 Å². The molecule has 1 atom stereocenters. The first-order valence-electron chi connectivity index (χ1n) is 8.85. The van der Waals surface area contributed by atoms with Crippen LogP contribution in [0.5, 0.6) is 0 Å². The topological polar surface area (TPSA) is 89.9 Å². The van der Waals surface area contributed by atoms with Crippen molar-refractivity contribution < 1.29 is 4.79 Å². The molecule has 1 saturated heterocycles. The van der Waals surface area contributed by atoms with Gasteiger partial charge in [0.1, 0.15) is 5.52 Å². The second-order valence-corrected chi connectivity index (χ2v) is 6.41. The number of aromatic nitrogens is 4. The first kappa shape index (κ1) is 16.8. The Morgan fingerprint density at radius 1 is 1.33 bits per heavy atom. The van der Waals surface area contributed by atoms with Gasteiger partial charge in [-0.1, -0.05) is 13.8 Å². The number of nitrogens with zero attached hydrogens (tertiary/aromatic N) is 5. The largest absolute Gasteiger partial charge is 0.342 e. The number of fused-ring (bicyclic) bond motifs is 1. The van der Waals surface area contributed by atoms with Crippen LogP contribution in [-0.2, 0) is 11.3 Å².